The van der Waals surface area contributed by atoms with Gasteiger partial charge in [0.1, 0.15) is 12.0 Å². The van der Waals surface area contributed by atoms with Crippen LogP contribution >= 0.6 is 0 Å². The van der Waals surface area contributed by atoms with Gasteiger partial charge in [0.25, 0.3) is 0 Å². The van der Waals surface area contributed by atoms with Gasteiger partial charge in [-0.2, -0.15) is 0 Å². The van der Waals surface area contributed by atoms with Crippen molar-refractivity contribution >= 4 is 11.9 Å². The summed E-state index contributed by atoms with van der Waals surface area (Å²) in [5.41, 5.74) is 0.294. The highest BCUT2D eigenvalue weighted by molar-refractivity contribution is 5.83. The number of carbonyl (C=O) groups is 1. The zero-order chi connectivity index (χ0) is 6.85. The molecule has 0 bridgehead atoms. The van der Waals surface area contributed by atoms with Gasteiger partial charge in [0, 0.05) is 6.54 Å². The zero-order valence-corrected chi connectivity index (χ0v) is 4.55. The third-order valence-electron chi connectivity index (χ3n) is 1.22. The minimum atomic E-state index is -1.01. The van der Waals surface area contributed by atoms with Crippen LogP contribution in [0.4, 0.5) is 0 Å². The summed E-state index contributed by atoms with van der Waals surface area (Å²) < 4.78 is 0. The van der Waals surface area contributed by atoms with E-state index in [1.165, 1.54) is 0 Å². The number of aliphatic carboxylic acids is 1. The second-order valence-corrected chi connectivity index (χ2v) is 1.78. The molecule has 4 nitrogen and oxygen atoms in total. The van der Waals surface area contributed by atoms with E-state index in [2.05, 4.69) is 5.32 Å². The average molecular weight is 127 g/mol. The molecule has 0 aromatic heterocycles. The molecule has 1 aliphatic rings. The lowest BCUT2D eigenvalue weighted by atomic mass is 10.0. The first-order valence-electron chi connectivity index (χ1n) is 2.45. The van der Waals surface area contributed by atoms with Crippen molar-refractivity contribution in [1.29, 1.82) is 0 Å². The van der Waals surface area contributed by atoms with E-state index in [1.54, 1.807) is 5.94 Å². The standard InChI is InChI=1S/C5H5NO3/c7-2-3-1-6-4(3)5(8)9/h4,6H,1H2,(H,8,9). The van der Waals surface area contributed by atoms with E-state index in [1.807, 2.05) is 0 Å². The Morgan fingerprint density at radius 2 is 2.56 bits per heavy atom. The molecule has 1 rings (SSSR count). The Hall–Kier alpha value is -1.12. The van der Waals surface area contributed by atoms with Crippen LogP contribution < -0.4 is 5.32 Å². The normalized spacial score (nSPS) is 24.4. The van der Waals surface area contributed by atoms with E-state index in [-0.39, 0.29) is 0 Å². The third kappa shape index (κ3) is 0.850. The van der Waals surface area contributed by atoms with Gasteiger partial charge >= 0.3 is 5.97 Å². The molecule has 2 N–H and O–H groups in total. The number of hydrogen-bond acceptors (Lipinski definition) is 3. The van der Waals surface area contributed by atoms with E-state index < -0.39 is 12.0 Å². The van der Waals surface area contributed by atoms with Crippen LogP contribution in [0.3, 0.4) is 0 Å². The maximum Gasteiger partial charge on any atom is 0.325 e. The monoisotopic (exact) mass is 127 g/mol. The van der Waals surface area contributed by atoms with Gasteiger partial charge in [-0.3, -0.25) is 10.1 Å². The largest absolute Gasteiger partial charge is 0.480 e. The van der Waals surface area contributed by atoms with Gasteiger partial charge < -0.3 is 5.11 Å². The van der Waals surface area contributed by atoms with Crippen molar-refractivity contribution in [2.45, 2.75) is 6.04 Å². The molecule has 9 heavy (non-hydrogen) atoms. The Morgan fingerprint density at radius 1 is 1.89 bits per heavy atom. The van der Waals surface area contributed by atoms with E-state index in [4.69, 9.17) is 5.11 Å². The van der Waals surface area contributed by atoms with Gasteiger partial charge in [0.2, 0.25) is 0 Å². The third-order valence-corrected chi connectivity index (χ3v) is 1.22. The fourth-order valence-electron chi connectivity index (χ4n) is 0.638. The van der Waals surface area contributed by atoms with E-state index in [9.17, 15) is 9.59 Å². The van der Waals surface area contributed by atoms with Crippen LogP contribution in [0.2, 0.25) is 0 Å². The topological polar surface area (TPSA) is 66.4 Å². The molecule has 0 spiro atoms. The second kappa shape index (κ2) is 2.01. The Morgan fingerprint density at radius 3 is 2.67 bits per heavy atom. The van der Waals surface area contributed by atoms with Crippen LogP contribution in [0.5, 0.6) is 0 Å². The van der Waals surface area contributed by atoms with Gasteiger partial charge in [-0.25, -0.2) is 4.79 Å². The van der Waals surface area contributed by atoms with E-state index >= 15 is 0 Å². The van der Waals surface area contributed by atoms with Gasteiger partial charge in [-0.1, -0.05) is 0 Å². The Kier molecular flexibility index (Phi) is 1.34. The van der Waals surface area contributed by atoms with Crippen LogP contribution in [0.25, 0.3) is 0 Å². The highest BCUT2D eigenvalue weighted by Crippen LogP contribution is 2.06. The molecule has 1 atom stereocenters. The number of carboxylic acid groups (broad SMARTS) is 1. The molecule has 48 valence electrons. The first kappa shape index (κ1) is 6.01. The van der Waals surface area contributed by atoms with Gasteiger partial charge in [0.15, 0.2) is 0 Å². The summed E-state index contributed by atoms with van der Waals surface area (Å²) in [6, 6.07) is -0.775. The Balaban J connectivity index is 2.66. The highest BCUT2D eigenvalue weighted by atomic mass is 16.4. The van der Waals surface area contributed by atoms with Crippen LogP contribution in [0.1, 0.15) is 0 Å². The minimum absolute atomic E-state index is 0.294. The number of carbonyl (C=O) groups excluding carboxylic acids is 1. The predicted molar refractivity (Wildman–Crippen MR) is 28.6 cm³/mol. The maximum absolute atomic E-state index is 10.1. The first-order chi connectivity index (χ1) is 4.25. The van der Waals surface area contributed by atoms with Crippen LogP contribution in [-0.2, 0) is 9.59 Å². The quantitative estimate of drug-likeness (QED) is 0.434. The van der Waals surface area contributed by atoms with Crippen molar-refractivity contribution in [3.05, 3.63) is 5.57 Å². The fourth-order valence-corrected chi connectivity index (χ4v) is 0.638. The molecule has 0 amide bonds. The average Bonchev–Trinajstić information content (AvgIpc) is 1.61. The molecule has 1 unspecified atom stereocenters. The van der Waals surface area contributed by atoms with Crippen molar-refractivity contribution in [3.63, 3.8) is 0 Å². The van der Waals surface area contributed by atoms with E-state index in [0.717, 1.165) is 0 Å². The number of carboxylic acids is 1. The molecule has 4 heteroatoms. The van der Waals surface area contributed by atoms with Crippen molar-refractivity contribution in [2.75, 3.05) is 6.54 Å². The SMILES string of the molecule is O=C=C1CNC1C(=O)O. The molecule has 0 aliphatic carbocycles. The number of rotatable bonds is 1. The van der Waals surface area contributed by atoms with Crippen LogP contribution in [-0.4, -0.2) is 29.6 Å². The molecule has 1 heterocycles. The summed E-state index contributed by atoms with van der Waals surface area (Å²) in [7, 11) is 0. The van der Waals surface area contributed by atoms with Crippen molar-refractivity contribution in [2.24, 2.45) is 0 Å². The summed E-state index contributed by atoms with van der Waals surface area (Å²) in [6.07, 6.45) is 0. The lowest BCUT2D eigenvalue weighted by Crippen LogP contribution is -2.51. The smallest absolute Gasteiger partial charge is 0.325 e. The molecular weight excluding hydrogens is 122 g/mol. The van der Waals surface area contributed by atoms with Crippen molar-refractivity contribution in [1.82, 2.24) is 5.32 Å². The van der Waals surface area contributed by atoms with Crippen molar-refractivity contribution < 1.29 is 14.7 Å². The Labute approximate surface area is 51.2 Å². The lowest BCUT2D eigenvalue weighted by molar-refractivity contribution is -0.139. The summed E-state index contributed by atoms with van der Waals surface area (Å²) in [5, 5.41) is 10.8. The number of nitrogens with one attached hydrogen (secondary N) is 1. The van der Waals surface area contributed by atoms with Crippen LogP contribution in [0, 0.1) is 0 Å². The van der Waals surface area contributed by atoms with Gasteiger partial charge in [0.05, 0.1) is 5.57 Å². The first-order valence-corrected chi connectivity index (χ1v) is 2.45. The summed E-state index contributed by atoms with van der Waals surface area (Å²) in [4.78, 5) is 19.9. The van der Waals surface area contributed by atoms with Crippen molar-refractivity contribution in [3.8, 4) is 0 Å². The number of hydrogen-bond donors (Lipinski definition) is 2. The molecule has 1 fully saturated rings. The van der Waals surface area contributed by atoms with Gasteiger partial charge in [-0.15, -0.1) is 0 Å². The molecule has 0 saturated carbocycles. The Bertz CT molecular complexity index is 192. The lowest BCUT2D eigenvalue weighted by Gasteiger charge is -2.23. The van der Waals surface area contributed by atoms with E-state index in [0.29, 0.717) is 12.1 Å². The van der Waals surface area contributed by atoms with Gasteiger partial charge in [-0.05, 0) is 0 Å². The van der Waals surface area contributed by atoms with Crippen LogP contribution in [0.15, 0.2) is 5.57 Å². The second-order valence-electron chi connectivity index (χ2n) is 1.78. The molecule has 1 saturated heterocycles. The highest BCUT2D eigenvalue weighted by Gasteiger charge is 2.30. The summed E-state index contributed by atoms with van der Waals surface area (Å²) >= 11 is 0. The maximum atomic E-state index is 10.1. The zero-order valence-electron chi connectivity index (χ0n) is 4.55. The summed E-state index contributed by atoms with van der Waals surface area (Å²) in [6.45, 7) is 0.362. The molecular formula is C5H5NO3. The summed E-state index contributed by atoms with van der Waals surface area (Å²) in [5.74, 6) is 0.542. The molecule has 0 aromatic rings. The molecule has 1 aliphatic heterocycles. The predicted octanol–water partition coefficient (Wildman–Crippen LogP) is -1.20. The minimum Gasteiger partial charge on any atom is -0.480 e. The fraction of sp³-hybridized carbons (Fsp3) is 0.400. The molecule has 0 radical (unpaired) electrons. The molecule has 0 aromatic carbocycles.